The Labute approximate surface area is 125 Å². The molecule has 0 aliphatic carbocycles. The highest BCUT2D eigenvalue weighted by Gasteiger charge is 2.10. The molecule has 0 aliphatic heterocycles. The molecule has 6 nitrogen and oxygen atoms in total. The first-order chi connectivity index (χ1) is 10.2. The van der Waals surface area contributed by atoms with Crippen LogP contribution in [-0.4, -0.2) is 21.7 Å². The molecule has 2 heterocycles. The number of rotatable bonds is 8. The van der Waals surface area contributed by atoms with E-state index >= 15 is 0 Å². The van der Waals surface area contributed by atoms with Crippen LogP contribution < -0.4 is 10.6 Å². The van der Waals surface area contributed by atoms with E-state index in [1.54, 1.807) is 6.26 Å². The van der Waals surface area contributed by atoms with Crippen molar-refractivity contribution in [3.8, 4) is 0 Å². The van der Waals surface area contributed by atoms with Crippen molar-refractivity contribution in [2.24, 2.45) is 0 Å². The van der Waals surface area contributed by atoms with Crippen molar-refractivity contribution in [3.63, 3.8) is 0 Å². The standard InChI is InChI=1S/C15H23N5O/c1-4-6-13-18-14(16-8-5-2)11(3)15(19-13)17-10-12-7-9-21-20-12/h7,9H,4-6,8,10H2,1-3H3,(H2,16,17,18,19). The van der Waals surface area contributed by atoms with Gasteiger partial charge in [0, 0.05) is 24.6 Å². The molecule has 0 spiro atoms. The van der Waals surface area contributed by atoms with Crippen LogP contribution in [0.25, 0.3) is 0 Å². The fraction of sp³-hybridized carbons (Fsp3) is 0.533. The molecule has 0 saturated heterocycles. The van der Waals surface area contributed by atoms with E-state index in [0.717, 1.165) is 54.5 Å². The average Bonchev–Trinajstić information content (AvgIpc) is 2.99. The number of nitrogens with zero attached hydrogens (tertiary/aromatic N) is 3. The van der Waals surface area contributed by atoms with Crippen molar-refractivity contribution >= 4 is 11.6 Å². The summed E-state index contributed by atoms with van der Waals surface area (Å²) in [6.07, 6.45) is 4.54. The summed E-state index contributed by atoms with van der Waals surface area (Å²) < 4.78 is 4.84. The number of hydrogen-bond acceptors (Lipinski definition) is 6. The van der Waals surface area contributed by atoms with Gasteiger partial charge in [0.2, 0.25) is 0 Å². The van der Waals surface area contributed by atoms with Gasteiger partial charge in [-0.1, -0.05) is 19.0 Å². The molecule has 6 heteroatoms. The van der Waals surface area contributed by atoms with E-state index in [2.05, 4.69) is 39.6 Å². The van der Waals surface area contributed by atoms with Gasteiger partial charge in [-0.2, -0.15) is 0 Å². The molecule has 2 aromatic rings. The highest BCUT2D eigenvalue weighted by Crippen LogP contribution is 2.21. The Balaban J connectivity index is 2.18. The van der Waals surface area contributed by atoms with Crippen molar-refractivity contribution in [1.82, 2.24) is 15.1 Å². The first-order valence-corrected chi connectivity index (χ1v) is 7.49. The molecule has 0 unspecified atom stereocenters. The van der Waals surface area contributed by atoms with Gasteiger partial charge in [-0.05, 0) is 19.8 Å². The van der Waals surface area contributed by atoms with Gasteiger partial charge >= 0.3 is 0 Å². The maximum atomic E-state index is 4.84. The quantitative estimate of drug-likeness (QED) is 0.777. The van der Waals surface area contributed by atoms with Crippen LogP contribution in [0.3, 0.4) is 0 Å². The van der Waals surface area contributed by atoms with Crippen molar-refractivity contribution in [2.75, 3.05) is 17.2 Å². The Kier molecular flexibility index (Phi) is 5.54. The molecular weight excluding hydrogens is 266 g/mol. The second-order valence-electron chi connectivity index (χ2n) is 4.98. The second kappa shape index (κ2) is 7.61. The fourth-order valence-electron chi connectivity index (χ4n) is 1.99. The van der Waals surface area contributed by atoms with E-state index in [1.165, 1.54) is 0 Å². The van der Waals surface area contributed by atoms with Crippen LogP contribution in [0.1, 0.15) is 43.8 Å². The van der Waals surface area contributed by atoms with E-state index in [4.69, 9.17) is 4.52 Å². The summed E-state index contributed by atoms with van der Waals surface area (Å²) in [5.41, 5.74) is 1.89. The number of aromatic nitrogens is 3. The van der Waals surface area contributed by atoms with Crippen LogP contribution in [0.15, 0.2) is 16.9 Å². The minimum Gasteiger partial charge on any atom is -0.370 e. The average molecular weight is 289 g/mol. The number of hydrogen-bond donors (Lipinski definition) is 2. The van der Waals surface area contributed by atoms with Gasteiger partial charge in [-0.15, -0.1) is 0 Å². The lowest BCUT2D eigenvalue weighted by molar-refractivity contribution is 0.412. The van der Waals surface area contributed by atoms with E-state index in [1.807, 2.05) is 13.0 Å². The van der Waals surface area contributed by atoms with Crippen LogP contribution >= 0.6 is 0 Å². The Bertz CT molecular complexity index is 553. The largest absolute Gasteiger partial charge is 0.370 e. The second-order valence-corrected chi connectivity index (χ2v) is 4.98. The summed E-state index contributed by atoms with van der Waals surface area (Å²) in [6, 6.07) is 1.84. The minimum atomic E-state index is 0.590. The highest BCUT2D eigenvalue weighted by molar-refractivity contribution is 5.57. The van der Waals surface area contributed by atoms with E-state index in [-0.39, 0.29) is 0 Å². The maximum absolute atomic E-state index is 4.84. The van der Waals surface area contributed by atoms with Gasteiger partial charge in [0.1, 0.15) is 29.4 Å². The number of nitrogens with one attached hydrogen (secondary N) is 2. The highest BCUT2D eigenvalue weighted by atomic mass is 16.5. The zero-order chi connectivity index (χ0) is 15.1. The summed E-state index contributed by atoms with van der Waals surface area (Å²) in [5.74, 6) is 2.64. The predicted octanol–water partition coefficient (Wildman–Crippen LogP) is 3.16. The monoisotopic (exact) mass is 289 g/mol. The van der Waals surface area contributed by atoms with E-state index in [0.29, 0.717) is 6.54 Å². The van der Waals surface area contributed by atoms with Gasteiger partial charge < -0.3 is 15.2 Å². The topological polar surface area (TPSA) is 75.9 Å². The maximum Gasteiger partial charge on any atom is 0.135 e. The molecule has 21 heavy (non-hydrogen) atoms. The first kappa shape index (κ1) is 15.3. The van der Waals surface area contributed by atoms with Gasteiger partial charge in [0.15, 0.2) is 0 Å². The minimum absolute atomic E-state index is 0.590. The molecule has 2 N–H and O–H groups in total. The van der Waals surface area contributed by atoms with Crippen LogP contribution in [0, 0.1) is 6.92 Å². The third-order valence-electron chi connectivity index (χ3n) is 3.14. The zero-order valence-electron chi connectivity index (χ0n) is 12.9. The summed E-state index contributed by atoms with van der Waals surface area (Å²) in [5, 5.41) is 10.6. The summed E-state index contributed by atoms with van der Waals surface area (Å²) in [6.45, 7) is 7.79. The molecule has 2 aromatic heterocycles. The van der Waals surface area contributed by atoms with Gasteiger partial charge in [-0.3, -0.25) is 0 Å². The van der Waals surface area contributed by atoms with Gasteiger partial charge in [-0.25, -0.2) is 9.97 Å². The molecule has 0 bridgehead atoms. The van der Waals surface area contributed by atoms with E-state index < -0.39 is 0 Å². The van der Waals surface area contributed by atoms with Gasteiger partial charge in [0.25, 0.3) is 0 Å². The lowest BCUT2D eigenvalue weighted by atomic mass is 10.2. The lowest BCUT2D eigenvalue weighted by Gasteiger charge is -2.14. The summed E-state index contributed by atoms with van der Waals surface area (Å²) in [4.78, 5) is 9.22. The Morgan fingerprint density at radius 2 is 1.86 bits per heavy atom. The first-order valence-electron chi connectivity index (χ1n) is 7.49. The van der Waals surface area contributed by atoms with Crippen molar-refractivity contribution < 1.29 is 4.52 Å². The van der Waals surface area contributed by atoms with Gasteiger partial charge in [0.05, 0.1) is 6.54 Å². The molecule has 0 amide bonds. The molecule has 0 radical (unpaired) electrons. The molecule has 114 valence electrons. The number of aryl methyl sites for hydroxylation is 1. The SMILES string of the molecule is CCCNc1nc(CCC)nc(NCc2ccon2)c1C. The van der Waals surface area contributed by atoms with Crippen molar-refractivity contribution in [3.05, 3.63) is 29.4 Å². The predicted molar refractivity (Wildman–Crippen MR) is 83.4 cm³/mol. The van der Waals surface area contributed by atoms with Crippen molar-refractivity contribution in [2.45, 2.75) is 46.6 Å². The molecular formula is C15H23N5O. The Morgan fingerprint density at radius 1 is 1.10 bits per heavy atom. The molecule has 2 rings (SSSR count). The Morgan fingerprint density at radius 3 is 2.48 bits per heavy atom. The third-order valence-corrected chi connectivity index (χ3v) is 3.14. The summed E-state index contributed by atoms with van der Waals surface area (Å²) in [7, 11) is 0. The van der Waals surface area contributed by atoms with E-state index in [9.17, 15) is 0 Å². The van der Waals surface area contributed by atoms with Crippen LogP contribution in [0.2, 0.25) is 0 Å². The lowest BCUT2D eigenvalue weighted by Crippen LogP contribution is -2.12. The zero-order valence-corrected chi connectivity index (χ0v) is 12.9. The van der Waals surface area contributed by atoms with Crippen LogP contribution in [0.5, 0.6) is 0 Å². The third kappa shape index (κ3) is 4.18. The van der Waals surface area contributed by atoms with Crippen molar-refractivity contribution in [1.29, 1.82) is 0 Å². The fourth-order valence-corrected chi connectivity index (χ4v) is 1.99. The molecule has 0 aliphatic rings. The molecule has 0 aromatic carbocycles. The summed E-state index contributed by atoms with van der Waals surface area (Å²) >= 11 is 0. The normalized spacial score (nSPS) is 10.6. The van der Waals surface area contributed by atoms with Crippen LogP contribution in [0.4, 0.5) is 11.6 Å². The molecule has 0 fully saturated rings. The number of anilines is 2. The Hall–Kier alpha value is -2.11. The smallest absolute Gasteiger partial charge is 0.135 e. The molecule has 0 saturated carbocycles. The van der Waals surface area contributed by atoms with Crippen LogP contribution in [-0.2, 0) is 13.0 Å². The molecule has 0 atom stereocenters.